The molecule has 1 aliphatic heterocycles. The van der Waals surface area contributed by atoms with Gasteiger partial charge in [-0.15, -0.1) is 0 Å². The van der Waals surface area contributed by atoms with Crippen LogP contribution in [0, 0.1) is 3.57 Å². The Balaban J connectivity index is 2.00. The molecule has 0 unspecified atom stereocenters. The van der Waals surface area contributed by atoms with Crippen molar-refractivity contribution in [2.75, 3.05) is 0 Å². The normalized spacial score (nSPS) is 16.0. The number of nitrogens with zero attached hydrogens (tertiary/aromatic N) is 1. The van der Waals surface area contributed by atoms with Gasteiger partial charge in [0, 0.05) is 8.59 Å². The van der Waals surface area contributed by atoms with Crippen molar-refractivity contribution >= 4 is 52.1 Å². The molecule has 0 bridgehead atoms. The Morgan fingerprint density at radius 2 is 1.81 bits per heavy atom. The number of benzene rings is 2. The summed E-state index contributed by atoms with van der Waals surface area (Å²) in [5.74, 6) is -0.145. The molecule has 5 heteroatoms. The number of aliphatic imine (C=N–C) groups is 1. The largest absolute Gasteiger partial charge is 0.402 e. The zero-order valence-electron chi connectivity index (χ0n) is 10.7. The van der Waals surface area contributed by atoms with Gasteiger partial charge in [0.15, 0.2) is 5.70 Å². The Morgan fingerprint density at radius 1 is 1.10 bits per heavy atom. The van der Waals surface area contributed by atoms with Crippen LogP contribution in [0.4, 0.5) is 0 Å². The number of rotatable bonds is 2. The van der Waals surface area contributed by atoms with E-state index in [0.29, 0.717) is 10.9 Å². The number of ether oxygens (including phenoxy) is 1. The van der Waals surface area contributed by atoms with Crippen LogP contribution >= 0.6 is 34.2 Å². The molecule has 0 fully saturated rings. The van der Waals surface area contributed by atoms with E-state index in [1.807, 2.05) is 42.5 Å². The molecular formula is C16H9ClINO2. The standard InChI is InChI=1S/C16H9ClINO2/c17-12-7-3-1-5-10(12)9-14-16(20)21-15(19-14)11-6-2-4-8-13(11)18/h1-9H/b14-9+. The quantitative estimate of drug-likeness (QED) is 0.422. The zero-order valence-corrected chi connectivity index (χ0v) is 13.6. The van der Waals surface area contributed by atoms with Crippen LogP contribution in [0.2, 0.25) is 5.02 Å². The molecule has 21 heavy (non-hydrogen) atoms. The second-order valence-electron chi connectivity index (χ2n) is 4.34. The average molecular weight is 410 g/mol. The molecule has 0 aromatic heterocycles. The highest BCUT2D eigenvalue weighted by atomic mass is 127. The van der Waals surface area contributed by atoms with Crippen molar-refractivity contribution in [3.63, 3.8) is 0 Å². The summed E-state index contributed by atoms with van der Waals surface area (Å²) in [6.07, 6.45) is 1.63. The molecule has 3 rings (SSSR count). The molecular weight excluding hydrogens is 401 g/mol. The van der Waals surface area contributed by atoms with Gasteiger partial charge in [-0.3, -0.25) is 0 Å². The van der Waals surface area contributed by atoms with Crippen LogP contribution in [0.5, 0.6) is 0 Å². The predicted molar refractivity (Wildman–Crippen MR) is 91.2 cm³/mol. The van der Waals surface area contributed by atoms with Gasteiger partial charge < -0.3 is 4.74 Å². The zero-order chi connectivity index (χ0) is 14.8. The highest BCUT2D eigenvalue weighted by Crippen LogP contribution is 2.24. The molecule has 2 aromatic rings. The molecule has 0 amide bonds. The number of hydrogen-bond donors (Lipinski definition) is 0. The van der Waals surface area contributed by atoms with Crippen LogP contribution in [0.15, 0.2) is 59.2 Å². The maximum Gasteiger partial charge on any atom is 0.363 e. The highest BCUT2D eigenvalue weighted by molar-refractivity contribution is 14.1. The fourth-order valence-electron chi connectivity index (χ4n) is 1.90. The Morgan fingerprint density at radius 3 is 2.57 bits per heavy atom. The van der Waals surface area contributed by atoms with Crippen LogP contribution in [0.1, 0.15) is 11.1 Å². The molecule has 0 spiro atoms. The molecule has 3 nitrogen and oxygen atoms in total. The first-order valence-electron chi connectivity index (χ1n) is 6.17. The third-order valence-electron chi connectivity index (χ3n) is 2.92. The minimum Gasteiger partial charge on any atom is -0.402 e. The van der Waals surface area contributed by atoms with Crippen LogP contribution in [-0.4, -0.2) is 11.9 Å². The van der Waals surface area contributed by atoms with Gasteiger partial charge in [0.1, 0.15) is 0 Å². The minimum absolute atomic E-state index is 0.248. The second-order valence-corrected chi connectivity index (χ2v) is 5.91. The molecule has 2 aromatic carbocycles. The predicted octanol–water partition coefficient (Wildman–Crippen LogP) is 4.29. The van der Waals surface area contributed by atoms with E-state index in [1.54, 1.807) is 12.1 Å². The van der Waals surface area contributed by atoms with Gasteiger partial charge >= 0.3 is 5.97 Å². The molecule has 0 N–H and O–H groups in total. The Bertz CT molecular complexity index is 783. The molecule has 0 saturated carbocycles. The molecule has 104 valence electrons. The number of carbonyl (C=O) groups is 1. The van der Waals surface area contributed by atoms with Crippen molar-refractivity contribution in [1.82, 2.24) is 0 Å². The highest BCUT2D eigenvalue weighted by Gasteiger charge is 2.25. The first kappa shape index (κ1) is 14.3. The monoisotopic (exact) mass is 409 g/mol. The molecule has 1 heterocycles. The van der Waals surface area contributed by atoms with Crippen molar-refractivity contribution < 1.29 is 9.53 Å². The maximum atomic E-state index is 11.9. The third-order valence-corrected chi connectivity index (χ3v) is 4.21. The van der Waals surface area contributed by atoms with E-state index in [2.05, 4.69) is 27.6 Å². The lowest BCUT2D eigenvalue weighted by atomic mass is 10.2. The number of carbonyl (C=O) groups excluding carboxylic acids is 1. The summed E-state index contributed by atoms with van der Waals surface area (Å²) >= 11 is 8.26. The van der Waals surface area contributed by atoms with Gasteiger partial charge in [-0.2, -0.15) is 0 Å². The van der Waals surface area contributed by atoms with Crippen molar-refractivity contribution in [1.29, 1.82) is 0 Å². The molecule has 0 aliphatic carbocycles. The van der Waals surface area contributed by atoms with Crippen LogP contribution in [0.3, 0.4) is 0 Å². The number of esters is 1. The number of hydrogen-bond acceptors (Lipinski definition) is 3. The minimum atomic E-state index is -0.468. The van der Waals surface area contributed by atoms with Gasteiger partial charge in [0.25, 0.3) is 0 Å². The second kappa shape index (κ2) is 5.99. The van der Waals surface area contributed by atoms with Crippen molar-refractivity contribution in [2.45, 2.75) is 0 Å². The van der Waals surface area contributed by atoms with Gasteiger partial charge in [-0.1, -0.05) is 41.9 Å². The summed E-state index contributed by atoms with van der Waals surface area (Å²) in [5, 5.41) is 0.566. The summed E-state index contributed by atoms with van der Waals surface area (Å²) < 4.78 is 6.22. The third kappa shape index (κ3) is 3.01. The van der Waals surface area contributed by atoms with Crippen molar-refractivity contribution in [3.8, 4) is 0 Å². The van der Waals surface area contributed by atoms with Gasteiger partial charge in [0.05, 0.1) is 5.56 Å². The summed E-state index contributed by atoms with van der Waals surface area (Å²) in [5.41, 5.74) is 1.78. The van der Waals surface area contributed by atoms with E-state index < -0.39 is 5.97 Å². The van der Waals surface area contributed by atoms with E-state index in [1.165, 1.54) is 0 Å². The summed E-state index contributed by atoms with van der Waals surface area (Å²) in [6.45, 7) is 0. The topological polar surface area (TPSA) is 38.7 Å². The fourth-order valence-corrected chi connectivity index (χ4v) is 2.71. The summed E-state index contributed by atoms with van der Waals surface area (Å²) in [6, 6.07) is 14.9. The Labute approximate surface area is 140 Å². The van der Waals surface area contributed by atoms with Crippen LogP contribution < -0.4 is 0 Å². The van der Waals surface area contributed by atoms with Gasteiger partial charge in [-0.25, -0.2) is 9.79 Å². The van der Waals surface area contributed by atoms with E-state index in [9.17, 15) is 4.79 Å². The fraction of sp³-hybridized carbons (Fsp3) is 0. The van der Waals surface area contributed by atoms with E-state index >= 15 is 0 Å². The smallest absolute Gasteiger partial charge is 0.363 e. The molecule has 1 aliphatic rings. The lowest BCUT2D eigenvalue weighted by molar-refractivity contribution is -0.129. The van der Waals surface area contributed by atoms with Gasteiger partial charge in [0.2, 0.25) is 5.90 Å². The SMILES string of the molecule is O=C1OC(c2ccccc2I)=N/C1=C/c1ccccc1Cl. The Kier molecular flexibility index (Phi) is 4.07. The maximum absolute atomic E-state index is 11.9. The lowest BCUT2D eigenvalue weighted by Crippen LogP contribution is -2.06. The lowest BCUT2D eigenvalue weighted by Gasteiger charge is -2.01. The number of cyclic esters (lactones) is 1. The Hall–Kier alpha value is -1.66. The first-order valence-corrected chi connectivity index (χ1v) is 7.63. The van der Waals surface area contributed by atoms with Crippen molar-refractivity contribution in [2.24, 2.45) is 4.99 Å². The van der Waals surface area contributed by atoms with Crippen molar-refractivity contribution in [3.05, 3.63) is 73.9 Å². The number of halogens is 2. The molecule has 0 atom stereocenters. The average Bonchev–Trinajstić information content (AvgIpc) is 2.83. The first-order chi connectivity index (χ1) is 10.1. The van der Waals surface area contributed by atoms with E-state index in [0.717, 1.165) is 14.7 Å². The molecule has 0 saturated heterocycles. The van der Waals surface area contributed by atoms with Crippen LogP contribution in [0.25, 0.3) is 6.08 Å². The van der Waals surface area contributed by atoms with E-state index in [-0.39, 0.29) is 5.70 Å². The summed E-state index contributed by atoms with van der Waals surface area (Å²) in [7, 11) is 0. The van der Waals surface area contributed by atoms with E-state index in [4.69, 9.17) is 16.3 Å². The molecule has 0 radical (unpaired) electrons. The van der Waals surface area contributed by atoms with Crippen LogP contribution in [-0.2, 0) is 9.53 Å². The summed E-state index contributed by atoms with van der Waals surface area (Å²) in [4.78, 5) is 16.2. The van der Waals surface area contributed by atoms with Gasteiger partial charge in [-0.05, 0) is 52.4 Å².